The molecule has 0 saturated heterocycles. The second-order valence-corrected chi connectivity index (χ2v) is 5.43. The normalized spacial score (nSPS) is 16.8. The number of aromatic nitrogens is 2. The highest BCUT2D eigenvalue weighted by molar-refractivity contribution is 7.98. The van der Waals surface area contributed by atoms with Gasteiger partial charge in [-0.1, -0.05) is 5.16 Å². The Balaban J connectivity index is 1.82. The summed E-state index contributed by atoms with van der Waals surface area (Å²) in [5.41, 5.74) is 7.00. The van der Waals surface area contributed by atoms with Crippen LogP contribution in [0.2, 0.25) is 0 Å². The smallest absolute Gasteiger partial charge is 0.244 e. The molecule has 1 heterocycles. The number of hydrogen-bond donors (Lipinski definition) is 1. The summed E-state index contributed by atoms with van der Waals surface area (Å²) in [6.07, 6.45) is 4.39. The molecular weight excluding hydrogens is 246 g/mol. The molecule has 0 radical (unpaired) electrons. The zero-order chi connectivity index (χ0) is 12.5. The molecular formula is C13H15N3OS. The number of nitrogens with zero attached hydrogens (tertiary/aromatic N) is 2. The minimum atomic E-state index is -0.100. The van der Waals surface area contributed by atoms with Crippen molar-refractivity contribution < 1.29 is 4.52 Å². The van der Waals surface area contributed by atoms with Gasteiger partial charge in [-0.25, -0.2) is 0 Å². The van der Waals surface area contributed by atoms with Crippen molar-refractivity contribution in [1.29, 1.82) is 0 Å². The molecule has 1 aliphatic rings. The van der Waals surface area contributed by atoms with Gasteiger partial charge in [-0.05, 0) is 49.3 Å². The first-order valence-electron chi connectivity index (χ1n) is 6.01. The largest absolute Gasteiger partial charge is 0.337 e. The molecule has 0 bridgehead atoms. The van der Waals surface area contributed by atoms with Gasteiger partial charge in [0.1, 0.15) is 0 Å². The Morgan fingerprint density at radius 3 is 2.67 bits per heavy atom. The van der Waals surface area contributed by atoms with Gasteiger partial charge >= 0.3 is 0 Å². The molecule has 1 aromatic carbocycles. The summed E-state index contributed by atoms with van der Waals surface area (Å²) >= 11 is 1.71. The second-order valence-electron chi connectivity index (χ2n) is 4.55. The second kappa shape index (κ2) is 4.74. The maximum absolute atomic E-state index is 6.04. The molecule has 0 spiro atoms. The van der Waals surface area contributed by atoms with E-state index < -0.39 is 0 Å². The average Bonchev–Trinajstić information content (AvgIpc) is 3.15. The fourth-order valence-electron chi connectivity index (χ4n) is 1.88. The fraction of sp³-hybridized carbons (Fsp3) is 0.385. The van der Waals surface area contributed by atoms with E-state index in [4.69, 9.17) is 10.3 Å². The Morgan fingerprint density at radius 1 is 1.33 bits per heavy atom. The molecule has 1 fully saturated rings. The molecule has 18 heavy (non-hydrogen) atoms. The van der Waals surface area contributed by atoms with Crippen molar-refractivity contribution in [1.82, 2.24) is 10.1 Å². The zero-order valence-electron chi connectivity index (χ0n) is 10.2. The number of benzene rings is 1. The summed E-state index contributed by atoms with van der Waals surface area (Å²) in [5.74, 6) is 1.70. The molecule has 94 valence electrons. The van der Waals surface area contributed by atoms with Crippen LogP contribution in [0.4, 0.5) is 0 Å². The highest BCUT2D eigenvalue weighted by atomic mass is 32.2. The van der Waals surface area contributed by atoms with Crippen molar-refractivity contribution in [2.24, 2.45) is 11.7 Å². The van der Waals surface area contributed by atoms with Gasteiger partial charge < -0.3 is 10.3 Å². The summed E-state index contributed by atoms with van der Waals surface area (Å²) in [6, 6.07) is 8.01. The van der Waals surface area contributed by atoms with Crippen molar-refractivity contribution in [2.45, 2.75) is 23.8 Å². The van der Waals surface area contributed by atoms with E-state index in [1.54, 1.807) is 11.8 Å². The minimum absolute atomic E-state index is 0.100. The third-order valence-corrected chi connectivity index (χ3v) is 3.95. The predicted octanol–water partition coefficient (Wildman–Crippen LogP) is 2.87. The molecule has 0 amide bonds. The predicted molar refractivity (Wildman–Crippen MR) is 71.2 cm³/mol. The van der Waals surface area contributed by atoms with Crippen LogP contribution in [0.15, 0.2) is 33.7 Å². The molecule has 2 N–H and O–H groups in total. The third-order valence-electron chi connectivity index (χ3n) is 3.20. The molecule has 0 aliphatic heterocycles. The molecule has 3 rings (SSSR count). The van der Waals surface area contributed by atoms with Crippen LogP contribution in [0.1, 0.15) is 24.8 Å². The minimum Gasteiger partial charge on any atom is -0.337 e. The lowest BCUT2D eigenvalue weighted by Gasteiger charge is -2.01. The van der Waals surface area contributed by atoms with E-state index >= 15 is 0 Å². The molecule has 4 nitrogen and oxygen atoms in total. The Morgan fingerprint density at radius 2 is 2.06 bits per heavy atom. The molecule has 2 aromatic rings. The van der Waals surface area contributed by atoms with E-state index in [-0.39, 0.29) is 6.04 Å². The van der Waals surface area contributed by atoms with E-state index in [1.807, 2.05) is 12.1 Å². The van der Waals surface area contributed by atoms with E-state index in [2.05, 4.69) is 28.5 Å². The van der Waals surface area contributed by atoms with Crippen LogP contribution in [0.5, 0.6) is 0 Å². The van der Waals surface area contributed by atoms with Crippen molar-refractivity contribution in [3.05, 3.63) is 30.2 Å². The van der Waals surface area contributed by atoms with E-state index in [0.29, 0.717) is 17.6 Å². The van der Waals surface area contributed by atoms with Crippen LogP contribution in [0.3, 0.4) is 0 Å². The van der Waals surface area contributed by atoms with Crippen molar-refractivity contribution in [2.75, 3.05) is 6.26 Å². The highest BCUT2D eigenvalue weighted by Crippen LogP contribution is 2.39. The third kappa shape index (κ3) is 2.28. The van der Waals surface area contributed by atoms with Gasteiger partial charge in [-0.3, -0.25) is 0 Å². The molecule has 1 saturated carbocycles. The van der Waals surface area contributed by atoms with E-state index in [9.17, 15) is 0 Å². The summed E-state index contributed by atoms with van der Waals surface area (Å²) in [7, 11) is 0. The van der Waals surface area contributed by atoms with E-state index in [1.165, 1.54) is 17.7 Å². The number of thioether (sulfide) groups is 1. The van der Waals surface area contributed by atoms with Crippen LogP contribution in [0.25, 0.3) is 11.4 Å². The Kier molecular flexibility index (Phi) is 3.09. The molecule has 1 atom stereocenters. The SMILES string of the molecule is CSc1ccc(-c2noc(C(N)C3CC3)n2)cc1. The van der Waals surface area contributed by atoms with Crippen LogP contribution in [-0.2, 0) is 0 Å². The molecule has 1 aromatic heterocycles. The van der Waals surface area contributed by atoms with Crippen molar-refractivity contribution >= 4 is 11.8 Å². The van der Waals surface area contributed by atoms with E-state index in [0.717, 1.165) is 5.56 Å². The van der Waals surface area contributed by atoms with Gasteiger partial charge in [0.2, 0.25) is 11.7 Å². The fourth-order valence-corrected chi connectivity index (χ4v) is 2.29. The van der Waals surface area contributed by atoms with Crippen molar-refractivity contribution in [3.63, 3.8) is 0 Å². The topological polar surface area (TPSA) is 64.9 Å². The standard InChI is InChI=1S/C13H15N3OS/c1-18-10-6-4-9(5-7-10)12-15-13(17-16-12)11(14)8-2-3-8/h4-8,11H,2-3,14H2,1H3. The summed E-state index contributed by atoms with van der Waals surface area (Å²) in [5, 5.41) is 4.00. The lowest BCUT2D eigenvalue weighted by atomic mass is 10.2. The first-order chi connectivity index (χ1) is 8.78. The first-order valence-corrected chi connectivity index (χ1v) is 7.24. The quantitative estimate of drug-likeness (QED) is 0.857. The Labute approximate surface area is 110 Å². The average molecular weight is 261 g/mol. The van der Waals surface area contributed by atoms with Crippen LogP contribution in [-0.4, -0.2) is 16.4 Å². The number of rotatable bonds is 4. The monoisotopic (exact) mass is 261 g/mol. The summed E-state index contributed by atoms with van der Waals surface area (Å²) in [6.45, 7) is 0. The summed E-state index contributed by atoms with van der Waals surface area (Å²) < 4.78 is 5.25. The number of hydrogen-bond acceptors (Lipinski definition) is 5. The molecule has 5 heteroatoms. The van der Waals surface area contributed by atoms with Crippen molar-refractivity contribution in [3.8, 4) is 11.4 Å². The lowest BCUT2D eigenvalue weighted by Crippen LogP contribution is -2.12. The highest BCUT2D eigenvalue weighted by Gasteiger charge is 2.33. The van der Waals surface area contributed by atoms with Gasteiger partial charge in [-0.2, -0.15) is 4.98 Å². The Bertz CT molecular complexity index is 533. The van der Waals surface area contributed by atoms with Gasteiger partial charge in [0.25, 0.3) is 0 Å². The van der Waals surface area contributed by atoms with Gasteiger partial charge in [0, 0.05) is 10.5 Å². The van der Waals surface area contributed by atoms with Gasteiger partial charge in [0.05, 0.1) is 6.04 Å². The van der Waals surface area contributed by atoms with Crippen LogP contribution in [0, 0.1) is 5.92 Å². The molecule has 1 unspecified atom stereocenters. The first kappa shape index (κ1) is 11.7. The zero-order valence-corrected chi connectivity index (χ0v) is 11.0. The molecule has 1 aliphatic carbocycles. The Hall–Kier alpha value is -1.33. The van der Waals surface area contributed by atoms with Crippen LogP contribution >= 0.6 is 11.8 Å². The van der Waals surface area contributed by atoms with Crippen LogP contribution < -0.4 is 5.73 Å². The maximum atomic E-state index is 6.04. The lowest BCUT2D eigenvalue weighted by molar-refractivity contribution is 0.343. The van der Waals surface area contributed by atoms with Gasteiger partial charge in [0.15, 0.2) is 0 Å². The van der Waals surface area contributed by atoms with Gasteiger partial charge in [-0.15, -0.1) is 11.8 Å². The maximum Gasteiger partial charge on any atom is 0.244 e. The summed E-state index contributed by atoms with van der Waals surface area (Å²) in [4.78, 5) is 5.61. The number of nitrogens with two attached hydrogens (primary N) is 1.